The minimum absolute atomic E-state index is 0.0640. The van der Waals surface area contributed by atoms with Crippen LogP contribution in [0.3, 0.4) is 0 Å². The molecule has 5 nitrogen and oxygen atoms in total. The van der Waals surface area contributed by atoms with Gasteiger partial charge in [0.15, 0.2) is 0 Å². The summed E-state index contributed by atoms with van der Waals surface area (Å²) >= 11 is 0. The van der Waals surface area contributed by atoms with Gasteiger partial charge >= 0.3 is 0 Å². The molecule has 0 saturated carbocycles. The van der Waals surface area contributed by atoms with Gasteiger partial charge in [0.05, 0.1) is 12.0 Å². The van der Waals surface area contributed by atoms with Gasteiger partial charge in [-0.3, -0.25) is 4.79 Å². The zero-order chi connectivity index (χ0) is 13.0. The summed E-state index contributed by atoms with van der Waals surface area (Å²) < 4.78 is 1.98. The predicted molar refractivity (Wildman–Crippen MR) is 70.2 cm³/mol. The molecule has 1 fully saturated rings. The van der Waals surface area contributed by atoms with E-state index in [9.17, 15) is 4.79 Å². The average molecular weight is 250 g/mol. The molecule has 0 spiro atoms. The van der Waals surface area contributed by atoms with Crippen LogP contribution in [0.25, 0.3) is 0 Å². The van der Waals surface area contributed by atoms with Crippen molar-refractivity contribution in [3.8, 4) is 0 Å². The van der Waals surface area contributed by atoms with Crippen molar-refractivity contribution in [1.82, 2.24) is 20.2 Å². The van der Waals surface area contributed by atoms with E-state index in [1.54, 1.807) is 6.33 Å². The molecule has 0 aromatic carbocycles. The molecular formula is C13H22N4O. The molecule has 1 aromatic rings. The van der Waals surface area contributed by atoms with Gasteiger partial charge in [0.1, 0.15) is 6.04 Å². The lowest BCUT2D eigenvalue weighted by Crippen LogP contribution is -2.32. The van der Waals surface area contributed by atoms with E-state index < -0.39 is 0 Å². The Morgan fingerprint density at radius 3 is 3.22 bits per heavy atom. The molecule has 1 saturated heterocycles. The maximum atomic E-state index is 12.0. The van der Waals surface area contributed by atoms with Gasteiger partial charge in [0.2, 0.25) is 5.91 Å². The van der Waals surface area contributed by atoms with E-state index in [2.05, 4.69) is 22.5 Å². The molecule has 1 aliphatic heterocycles. The van der Waals surface area contributed by atoms with Gasteiger partial charge in [-0.05, 0) is 32.7 Å². The molecule has 1 aromatic heterocycles. The van der Waals surface area contributed by atoms with Crippen molar-refractivity contribution >= 4 is 5.91 Å². The van der Waals surface area contributed by atoms with E-state index in [1.807, 2.05) is 17.7 Å². The van der Waals surface area contributed by atoms with Crippen LogP contribution in [0.1, 0.15) is 50.9 Å². The molecule has 5 heteroatoms. The molecule has 2 rings (SSSR count). The lowest BCUT2D eigenvalue weighted by molar-refractivity contribution is -0.123. The molecule has 0 radical (unpaired) electrons. The average Bonchev–Trinajstić information content (AvgIpc) is 3.03. The van der Waals surface area contributed by atoms with Crippen molar-refractivity contribution in [1.29, 1.82) is 0 Å². The number of nitrogens with one attached hydrogen (secondary N) is 2. The van der Waals surface area contributed by atoms with E-state index in [0.29, 0.717) is 6.04 Å². The van der Waals surface area contributed by atoms with E-state index in [-0.39, 0.29) is 11.9 Å². The van der Waals surface area contributed by atoms with Crippen LogP contribution in [-0.2, 0) is 4.79 Å². The smallest absolute Gasteiger partial charge is 0.242 e. The molecule has 1 amide bonds. The fraction of sp³-hybridized carbons (Fsp3) is 0.692. The predicted octanol–water partition coefficient (Wildman–Crippen LogP) is 1.39. The Balaban J connectivity index is 2.07. The van der Waals surface area contributed by atoms with Gasteiger partial charge in [-0.15, -0.1) is 0 Å². The maximum Gasteiger partial charge on any atom is 0.242 e. The lowest BCUT2D eigenvalue weighted by Gasteiger charge is -2.19. The third-order valence-corrected chi connectivity index (χ3v) is 3.46. The number of hydrogen-bond acceptors (Lipinski definition) is 3. The molecule has 18 heavy (non-hydrogen) atoms. The van der Waals surface area contributed by atoms with E-state index in [1.165, 1.54) is 6.42 Å². The first-order chi connectivity index (χ1) is 8.74. The third kappa shape index (κ3) is 2.72. The summed E-state index contributed by atoms with van der Waals surface area (Å²) in [4.78, 5) is 16.2. The normalized spacial score (nSPS) is 20.9. The number of amides is 1. The molecule has 0 bridgehead atoms. The topological polar surface area (TPSA) is 59.0 Å². The summed E-state index contributed by atoms with van der Waals surface area (Å²) in [6.45, 7) is 5.75. The molecule has 0 aliphatic carbocycles. The SMILES string of the molecule is CCCNC(=O)C(C)n1cncc1[C@@H]1CCCN1. The van der Waals surface area contributed by atoms with Crippen LogP contribution in [0.2, 0.25) is 0 Å². The molecule has 1 aliphatic rings. The molecule has 2 atom stereocenters. The van der Waals surface area contributed by atoms with Crippen molar-refractivity contribution in [3.05, 3.63) is 18.2 Å². The van der Waals surface area contributed by atoms with Gasteiger partial charge in [-0.25, -0.2) is 4.98 Å². The Labute approximate surface area is 108 Å². The van der Waals surface area contributed by atoms with Gasteiger partial charge in [-0.2, -0.15) is 0 Å². The van der Waals surface area contributed by atoms with Crippen molar-refractivity contribution < 1.29 is 4.79 Å². The van der Waals surface area contributed by atoms with Gasteiger partial charge in [-0.1, -0.05) is 6.92 Å². The van der Waals surface area contributed by atoms with Gasteiger partial charge in [0, 0.05) is 18.8 Å². The first-order valence-corrected chi connectivity index (χ1v) is 6.77. The van der Waals surface area contributed by atoms with Crippen molar-refractivity contribution in [2.75, 3.05) is 13.1 Å². The highest BCUT2D eigenvalue weighted by molar-refractivity contribution is 5.79. The molecule has 2 N–H and O–H groups in total. The number of carbonyl (C=O) groups is 1. The van der Waals surface area contributed by atoms with E-state index in [4.69, 9.17) is 0 Å². The summed E-state index contributed by atoms with van der Waals surface area (Å²) in [6, 6.07) is 0.144. The monoisotopic (exact) mass is 250 g/mol. The quantitative estimate of drug-likeness (QED) is 0.830. The fourth-order valence-electron chi connectivity index (χ4n) is 2.37. The Hall–Kier alpha value is -1.36. The molecular weight excluding hydrogens is 228 g/mol. The van der Waals surface area contributed by atoms with Crippen LogP contribution in [0.4, 0.5) is 0 Å². The summed E-state index contributed by atoms with van der Waals surface area (Å²) in [5.74, 6) is 0.0640. The summed E-state index contributed by atoms with van der Waals surface area (Å²) in [6.07, 6.45) is 6.89. The Morgan fingerprint density at radius 1 is 1.72 bits per heavy atom. The van der Waals surface area contributed by atoms with Crippen molar-refractivity contribution in [2.24, 2.45) is 0 Å². The second-order valence-electron chi connectivity index (χ2n) is 4.84. The first-order valence-electron chi connectivity index (χ1n) is 6.77. The molecule has 1 unspecified atom stereocenters. The Kier molecular flexibility index (Phi) is 4.36. The third-order valence-electron chi connectivity index (χ3n) is 3.46. The van der Waals surface area contributed by atoms with E-state index >= 15 is 0 Å². The number of hydrogen-bond donors (Lipinski definition) is 2. The zero-order valence-electron chi connectivity index (χ0n) is 11.1. The number of nitrogens with zero attached hydrogens (tertiary/aromatic N) is 2. The van der Waals surface area contributed by atoms with Crippen LogP contribution in [0.5, 0.6) is 0 Å². The Bertz CT molecular complexity index is 395. The Morgan fingerprint density at radius 2 is 2.56 bits per heavy atom. The summed E-state index contributed by atoms with van der Waals surface area (Å²) in [5.41, 5.74) is 1.12. The number of rotatable bonds is 5. The second-order valence-corrected chi connectivity index (χ2v) is 4.84. The van der Waals surface area contributed by atoms with Crippen molar-refractivity contribution in [3.63, 3.8) is 0 Å². The van der Waals surface area contributed by atoms with Crippen LogP contribution in [0, 0.1) is 0 Å². The zero-order valence-corrected chi connectivity index (χ0v) is 11.1. The largest absolute Gasteiger partial charge is 0.354 e. The van der Waals surface area contributed by atoms with Crippen LogP contribution in [-0.4, -0.2) is 28.5 Å². The number of aromatic nitrogens is 2. The van der Waals surface area contributed by atoms with Gasteiger partial charge < -0.3 is 15.2 Å². The van der Waals surface area contributed by atoms with Crippen molar-refractivity contribution in [2.45, 2.75) is 45.2 Å². The minimum atomic E-state index is -0.198. The first kappa shape index (κ1) is 13.1. The number of carbonyl (C=O) groups excluding carboxylic acids is 1. The van der Waals surface area contributed by atoms with E-state index in [0.717, 1.165) is 31.6 Å². The highest BCUT2D eigenvalue weighted by atomic mass is 16.2. The minimum Gasteiger partial charge on any atom is -0.354 e. The van der Waals surface area contributed by atoms with Crippen LogP contribution in [0.15, 0.2) is 12.5 Å². The highest BCUT2D eigenvalue weighted by Crippen LogP contribution is 2.24. The molecule has 100 valence electrons. The second kappa shape index (κ2) is 6.00. The lowest BCUT2D eigenvalue weighted by atomic mass is 10.1. The van der Waals surface area contributed by atoms with Gasteiger partial charge in [0.25, 0.3) is 0 Å². The molecule has 2 heterocycles. The summed E-state index contributed by atoms with van der Waals surface area (Å²) in [5, 5.41) is 6.37. The maximum absolute atomic E-state index is 12.0. The number of imidazole rings is 1. The standard InChI is InChI=1S/C13H22N4O/c1-3-6-16-13(18)10(2)17-9-14-8-12(17)11-5-4-7-15-11/h8-11,15H,3-7H2,1-2H3,(H,16,18)/t10?,11-/m0/s1. The highest BCUT2D eigenvalue weighted by Gasteiger charge is 2.24. The summed E-state index contributed by atoms with van der Waals surface area (Å²) in [7, 11) is 0. The van der Waals surface area contributed by atoms with Crippen LogP contribution < -0.4 is 10.6 Å². The fourth-order valence-corrected chi connectivity index (χ4v) is 2.37. The van der Waals surface area contributed by atoms with Crippen LogP contribution >= 0.6 is 0 Å².